The molecule has 0 saturated carbocycles. The van der Waals surface area contributed by atoms with Gasteiger partial charge in [0.2, 0.25) is 0 Å². The Bertz CT molecular complexity index is 564. The summed E-state index contributed by atoms with van der Waals surface area (Å²) in [7, 11) is 0. The van der Waals surface area contributed by atoms with E-state index < -0.39 is 0 Å². The average molecular weight is 291 g/mol. The first-order valence-corrected chi connectivity index (χ1v) is 7.73. The molecule has 2 aromatic rings. The van der Waals surface area contributed by atoms with E-state index in [1.807, 2.05) is 6.92 Å². The Morgan fingerprint density at radius 2 is 1.90 bits per heavy atom. The second kappa shape index (κ2) is 6.65. The zero-order valence-electron chi connectivity index (χ0n) is 12.4. The molecule has 2 rings (SSSR count). The minimum atomic E-state index is 0.352. The van der Waals surface area contributed by atoms with Crippen LogP contribution in [-0.2, 0) is 6.54 Å². The zero-order chi connectivity index (χ0) is 14.5. The van der Waals surface area contributed by atoms with E-state index in [2.05, 4.69) is 51.7 Å². The molecule has 0 atom stereocenters. The molecular formula is C14H21N5S. The van der Waals surface area contributed by atoms with Crippen LogP contribution in [0.4, 0.5) is 11.6 Å². The Morgan fingerprint density at radius 1 is 1.20 bits per heavy atom. The molecule has 5 nitrogen and oxygen atoms in total. The highest BCUT2D eigenvalue weighted by Crippen LogP contribution is 2.28. The molecule has 0 fully saturated rings. The first-order chi connectivity index (χ1) is 9.61. The van der Waals surface area contributed by atoms with E-state index >= 15 is 0 Å². The first kappa shape index (κ1) is 14.7. The van der Waals surface area contributed by atoms with Crippen molar-refractivity contribution in [1.29, 1.82) is 0 Å². The van der Waals surface area contributed by atoms with E-state index in [0.29, 0.717) is 12.5 Å². The van der Waals surface area contributed by atoms with Crippen molar-refractivity contribution in [3.05, 3.63) is 28.0 Å². The monoisotopic (exact) mass is 291 g/mol. The van der Waals surface area contributed by atoms with Crippen molar-refractivity contribution < 1.29 is 0 Å². The maximum absolute atomic E-state index is 4.46. The van der Waals surface area contributed by atoms with Crippen LogP contribution in [0.1, 0.15) is 43.0 Å². The van der Waals surface area contributed by atoms with Gasteiger partial charge < -0.3 is 10.6 Å². The maximum Gasteiger partial charge on any atom is 0.135 e. The summed E-state index contributed by atoms with van der Waals surface area (Å²) >= 11 is 1.67. The Morgan fingerprint density at radius 3 is 2.45 bits per heavy atom. The van der Waals surface area contributed by atoms with Crippen molar-refractivity contribution in [2.45, 2.75) is 40.2 Å². The van der Waals surface area contributed by atoms with Gasteiger partial charge in [-0.1, -0.05) is 13.8 Å². The zero-order valence-corrected chi connectivity index (χ0v) is 13.2. The topological polar surface area (TPSA) is 62.7 Å². The summed E-state index contributed by atoms with van der Waals surface area (Å²) in [6.07, 6.45) is 1.60. The van der Waals surface area contributed by atoms with Crippen LogP contribution in [0.25, 0.3) is 0 Å². The number of hydrogen-bond donors (Lipinski definition) is 2. The second-order valence-electron chi connectivity index (χ2n) is 4.88. The van der Waals surface area contributed by atoms with E-state index in [4.69, 9.17) is 0 Å². The number of nitrogens with zero attached hydrogens (tertiary/aromatic N) is 3. The molecule has 6 heteroatoms. The van der Waals surface area contributed by atoms with Crippen LogP contribution >= 0.6 is 11.3 Å². The van der Waals surface area contributed by atoms with Crippen molar-refractivity contribution in [3.8, 4) is 0 Å². The molecule has 0 amide bonds. The molecule has 0 aliphatic heterocycles. The van der Waals surface area contributed by atoms with Gasteiger partial charge in [0, 0.05) is 17.5 Å². The van der Waals surface area contributed by atoms with Crippen LogP contribution in [0.3, 0.4) is 0 Å². The smallest absolute Gasteiger partial charge is 0.135 e. The molecule has 2 heterocycles. The quantitative estimate of drug-likeness (QED) is 0.854. The molecule has 0 spiro atoms. The van der Waals surface area contributed by atoms with Gasteiger partial charge in [0.05, 0.1) is 17.2 Å². The standard InChI is InChI=1S/C14H21N5S/c1-5-15-13-12(9(2)3)14(18-8-17-13)16-6-11-7-20-10(4)19-11/h7-9H,5-6H2,1-4H3,(H2,15,16,17,18). The Balaban J connectivity index is 2.19. The fourth-order valence-electron chi connectivity index (χ4n) is 2.06. The number of aryl methyl sites for hydroxylation is 1. The number of rotatable bonds is 6. The van der Waals surface area contributed by atoms with E-state index in [9.17, 15) is 0 Å². The number of aromatic nitrogens is 3. The largest absolute Gasteiger partial charge is 0.370 e. The van der Waals surface area contributed by atoms with Crippen LogP contribution in [0, 0.1) is 6.92 Å². The van der Waals surface area contributed by atoms with Gasteiger partial charge >= 0.3 is 0 Å². The lowest BCUT2D eigenvalue weighted by atomic mass is 10.0. The highest BCUT2D eigenvalue weighted by Gasteiger charge is 2.14. The van der Waals surface area contributed by atoms with E-state index in [1.54, 1.807) is 17.7 Å². The molecule has 0 aliphatic carbocycles. The lowest BCUT2D eigenvalue weighted by molar-refractivity contribution is 0.843. The summed E-state index contributed by atoms with van der Waals surface area (Å²) in [4.78, 5) is 13.2. The average Bonchev–Trinajstić information content (AvgIpc) is 2.82. The van der Waals surface area contributed by atoms with Crippen LogP contribution in [-0.4, -0.2) is 21.5 Å². The van der Waals surface area contributed by atoms with Gasteiger partial charge in [-0.15, -0.1) is 11.3 Å². The molecule has 108 valence electrons. The van der Waals surface area contributed by atoms with Gasteiger partial charge in [-0.05, 0) is 19.8 Å². The van der Waals surface area contributed by atoms with Gasteiger partial charge in [-0.3, -0.25) is 0 Å². The van der Waals surface area contributed by atoms with Crippen LogP contribution in [0.5, 0.6) is 0 Å². The molecule has 0 unspecified atom stereocenters. The summed E-state index contributed by atoms with van der Waals surface area (Å²) in [5.41, 5.74) is 2.17. The summed E-state index contributed by atoms with van der Waals surface area (Å²) in [6, 6.07) is 0. The van der Waals surface area contributed by atoms with Gasteiger partial charge in [-0.2, -0.15) is 0 Å². The van der Waals surface area contributed by atoms with E-state index in [1.165, 1.54) is 0 Å². The number of hydrogen-bond acceptors (Lipinski definition) is 6. The summed E-state index contributed by atoms with van der Waals surface area (Å²) in [6.45, 7) is 9.92. The normalized spacial score (nSPS) is 10.8. The second-order valence-corrected chi connectivity index (χ2v) is 5.94. The van der Waals surface area contributed by atoms with Crippen molar-refractivity contribution in [3.63, 3.8) is 0 Å². The number of anilines is 2. The number of thiazole rings is 1. The molecule has 0 aliphatic rings. The van der Waals surface area contributed by atoms with Crippen molar-refractivity contribution in [1.82, 2.24) is 15.0 Å². The Kier molecular flexibility index (Phi) is 4.89. The van der Waals surface area contributed by atoms with Gasteiger partial charge in [0.15, 0.2) is 0 Å². The van der Waals surface area contributed by atoms with Crippen LogP contribution < -0.4 is 10.6 Å². The molecular weight excluding hydrogens is 270 g/mol. The van der Waals surface area contributed by atoms with E-state index in [0.717, 1.165) is 34.4 Å². The highest BCUT2D eigenvalue weighted by atomic mass is 32.1. The third-order valence-electron chi connectivity index (χ3n) is 2.91. The fourth-order valence-corrected chi connectivity index (χ4v) is 2.67. The SMILES string of the molecule is CCNc1ncnc(NCc2csc(C)n2)c1C(C)C. The van der Waals surface area contributed by atoms with Crippen molar-refractivity contribution in [2.24, 2.45) is 0 Å². The third kappa shape index (κ3) is 3.45. The lowest BCUT2D eigenvalue weighted by Crippen LogP contribution is -2.11. The Hall–Kier alpha value is -1.69. The summed E-state index contributed by atoms with van der Waals surface area (Å²) in [5, 5.41) is 9.83. The highest BCUT2D eigenvalue weighted by molar-refractivity contribution is 7.09. The number of nitrogens with one attached hydrogen (secondary N) is 2. The first-order valence-electron chi connectivity index (χ1n) is 6.85. The van der Waals surface area contributed by atoms with Gasteiger partial charge in [0.1, 0.15) is 18.0 Å². The maximum atomic E-state index is 4.46. The predicted octanol–water partition coefficient (Wildman–Crippen LogP) is 3.41. The van der Waals surface area contributed by atoms with Crippen molar-refractivity contribution in [2.75, 3.05) is 17.2 Å². The minimum absolute atomic E-state index is 0.352. The summed E-state index contributed by atoms with van der Waals surface area (Å²) < 4.78 is 0. The van der Waals surface area contributed by atoms with Crippen LogP contribution in [0.2, 0.25) is 0 Å². The minimum Gasteiger partial charge on any atom is -0.370 e. The van der Waals surface area contributed by atoms with Crippen molar-refractivity contribution >= 4 is 23.0 Å². The predicted molar refractivity (Wildman–Crippen MR) is 84.5 cm³/mol. The van der Waals surface area contributed by atoms with Crippen LogP contribution in [0.15, 0.2) is 11.7 Å². The molecule has 20 heavy (non-hydrogen) atoms. The molecule has 0 radical (unpaired) electrons. The molecule has 2 N–H and O–H groups in total. The van der Waals surface area contributed by atoms with E-state index in [-0.39, 0.29) is 0 Å². The molecule has 2 aromatic heterocycles. The lowest BCUT2D eigenvalue weighted by Gasteiger charge is -2.17. The molecule has 0 aromatic carbocycles. The summed E-state index contributed by atoms with van der Waals surface area (Å²) in [5.74, 6) is 2.15. The van der Waals surface area contributed by atoms with Gasteiger partial charge in [-0.25, -0.2) is 15.0 Å². The third-order valence-corrected chi connectivity index (χ3v) is 3.73. The molecule has 0 saturated heterocycles. The Labute approximate surface area is 123 Å². The van der Waals surface area contributed by atoms with Gasteiger partial charge in [0.25, 0.3) is 0 Å². The fraction of sp³-hybridized carbons (Fsp3) is 0.500. The molecule has 0 bridgehead atoms.